The summed E-state index contributed by atoms with van der Waals surface area (Å²) in [6.07, 6.45) is 5.80. The number of likely N-dealkylation sites (tertiary alicyclic amines) is 1. The van der Waals surface area contributed by atoms with E-state index in [1.54, 1.807) is 48.9 Å². The lowest BCUT2D eigenvalue weighted by Gasteiger charge is -2.25. The monoisotopic (exact) mass is 523 g/mol. The number of phenolic OH excluding ortho intramolecular Hbond substituents is 1. The molecule has 2 N–H and O–H groups in total. The van der Waals surface area contributed by atoms with Crippen molar-refractivity contribution in [1.82, 2.24) is 14.5 Å². The van der Waals surface area contributed by atoms with Gasteiger partial charge >= 0.3 is 0 Å². The molecule has 1 aromatic heterocycles. The number of aromatic hydroxyl groups is 1. The maximum Gasteiger partial charge on any atom is 0.295 e. The lowest BCUT2D eigenvalue weighted by Crippen LogP contribution is -2.31. The molecule has 4 aromatic rings. The first-order valence-electron chi connectivity index (χ1n) is 12.7. The van der Waals surface area contributed by atoms with Crippen LogP contribution >= 0.6 is 0 Å². The van der Waals surface area contributed by atoms with Crippen molar-refractivity contribution in [2.45, 2.75) is 32.5 Å². The molecule has 8 heteroatoms. The minimum atomic E-state index is -0.787. The van der Waals surface area contributed by atoms with E-state index in [0.717, 1.165) is 11.1 Å². The first-order valence-corrected chi connectivity index (χ1v) is 12.7. The first kappa shape index (κ1) is 25.8. The van der Waals surface area contributed by atoms with E-state index in [9.17, 15) is 19.8 Å². The van der Waals surface area contributed by atoms with Crippen molar-refractivity contribution in [3.63, 3.8) is 0 Å². The number of amides is 1. The Morgan fingerprint density at radius 3 is 2.41 bits per heavy atom. The number of benzene rings is 3. The predicted octanol–water partition coefficient (Wildman–Crippen LogP) is 4.99. The number of carbonyl (C=O) groups is 2. The molecular weight excluding hydrogens is 494 g/mol. The molecule has 2 heterocycles. The number of hydrogen-bond donors (Lipinski definition) is 2. The van der Waals surface area contributed by atoms with Crippen LogP contribution in [0.2, 0.25) is 0 Å². The molecule has 3 aromatic carbocycles. The van der Waals surface area contributed by atoms with Crippen molar-refractivity contribution in [3.05, 3.63) is 119 Å². The Morgan fingerprint density at radius 2 is 1.72 bits per heavy atom. The van der Waals surface area contributed by atoms with Crippen LogP contribution < -0.4 is 4.74 Å². The summed E-state index contributed by atoms with van der Waals surface area (Å²) < 4.78 is 7.81. The number of aliphatic hydroxyl groups is 1. The highest BCUT2D eigenvalue weighted by Crippen LogP contribution is 2.40. The number of ketones is 1. The molecule has 0 spiro atoms. The van der Waals surface area contributed by atoms with Crippen LogP contribution in [0.15, 0.2) is 97.1 Å². The van der Waals surface area contributed by atoms with Gasteiger partial charge in [0.05, 0.1) is 17.9 Å². The van der Waals surface area contributed by atoms with E-state index < -0.39 is 17.7 Å². The Bertz CT molecular complexity index is 1490. The molecule has 1 unspecified atom stereocenters. The highest BCUT2D eigenvalue weighted by molar-refractivity contribution is 6.46. The van der Waals surface area contributed by atoms with Crippen LogP contribution in [0.5, 0.6) is 11.5 Å². The van der Waals surface area contributed by atoms with Gasteiger partial charge in [0.15, 0.2) is 0 Å². The van der Waals surface area contributed by atoms with E-state index >= 15 is 0 Å². The van der Waals surface area contributed by atoms with E-state index in [4.69, 9.17) is 4.74 Å². The van der Waals surface area contributed by atoms with Gasteiger partial charge in [0.25, 0.3) is 11.7 Å². The van der Waals surface area contributed by atoms with E-state index in [1.165, 1.54) is 17.0 Å². The number of rotatable bonds is 9. The molecular formula is C31H29N3O5. The zero-order chi connectivity index (χ0) is 27.4. The SMILES string of the molecule is Cc1ccccc1COc1ccc(/C(O)=C2/C(=O)C(=O)N(CCCn3ccnc3)C2c2ccc(O)cc2)cc1. The summed E-state index contributed by atoms with van der Waals surface area (Å²) >= 11 is 0. The van der Waals surface area contributed by atoms with Gasteiger partial charge in [-0.2, -0.15) is 0 Å². The number of imidazole rings is 1. The highest BCUT2D eigenvalue weighted by Gasteiger charge is 2.45. The Kier molecular flexibility index (Phi) is 7.45. The summed E-state index contributed by atoms with van der Waals surface area (Å²) in [5.74, 6) is -0.984. The second-order valence-corrected chi connectivity index (χ2v) is 9.48. The third kappa shape index (κ3) is 5.55. The Hall–Kier alpha value is -4.85. The lowest BCUT2D eigenvalue weighted by atomic mass is 9.95. The lowest BCUT2D eigenvalue weighted by molar-refractivity contribution is -0.139. The average Bonchev–Trinajstić information content (AvgIpc) is 3.55. The number of carbonyl (C=O) groups excluding carboxylic acids is 2. The van der Waals surface area contributed by atoms with Gasteiger partial charge in [-0.1, -0.05) is 36.4 Å². The average molecular weight is 524 g/mol. The van der Waals surface area contributed by atoms with Gasteiger partial charge in [-0.15, -0.1) is 0 Å². The van der Waals surface area contributed by atoms with Crippen LogP contribution in [-0.2, 0) is 22.7 Å². The van der Waals surface area contributed by atoms with Crippen molar-refractivity contribution in [3.8, 4) is 11.5 Å². The third-order valence-corrected chi connectivity index (χ3v) is 6.91. The summed E-state index contributed by atoms with van der Waals surface area (Å²) in [5.41, 5.74) is 3.25. The molecule has 1 fully saturated rings. The minimum absolute atomic E-state index is 0.0156. The summed E-state index contributed by atoms with van der Waals surface area (Å²) in [6, 6.07) is 20.3. The van der Waals surface area contributed by atoms with Crippen molar-refractivity contribution >= 4 is 17.4 Å². The van der Waals surface area contributed by atoms with Crippen molar-refractivity contribution in [2.24, 2.45) is 0 Å². The summed E-state index contributed by atoms with van der Waals surface area (Å²) in [7, 11) is 0. The highest BCUT2D eigenvalue weighted by atomic mass is 16.5. The van der Waals surface area contributed by atoms with Crippen LogP contribution in [0.3, 0.4) is 0 Å². The van der Waals surface area contributed by atoms with Gasteiger partial charge in [-0.05, 0) is 66.4 Å². The van der Waals surface area contributed by atoms with Gasteiger partial charge in [0.1, 0.15) is 23.9 Å². The maximum atomic E-state index is 13.2. The van der Waals surface area contributed by atoms with Crippen molar-refractivity contribution in [2.75, 3.05) is 6.54 Å². The van der Waals surface area contributed by atoms with E-state index in [2.05, 4.69) is 4.98 Å². The molecule has 1 amide bonds. The number of aryl methyl sites for hydroxylation is 2. The number of nitrogens with zero attached hydrogens (tertiary/aromatic N) is 3. The van der Waals surface area contributed by atoms with E-state index in [0.29, 0.717) is 43.0 Å². The molecule has 198 valence electrons. The fourth-order valence-electron chi connectivity index (χ4n) is 4.75. The fourth-order valence-corrected chi connectivity index (χ4v) is 4.75. The molecule has 1 aliphatic heterocycles. The van der Waals surface area contributed by atoms with Crippen molar-refractivity contribution in [1.29, 1.82) is 0 Å². The van der Waals surface area contributed by atoms with Gasteiger partial charge in [-0.25, -0.2) is 4.98 Å². The second-order valence-electron chi connectivity index (χ2n) is 9.48. The predicted molar refractivity (Wildman–Crippen MR) is 146 cm³/mol. The number of aromatic nitrogens is 2. The van der Waals surface area contributed by atoms with Crippen LogP contribution in [0.1, 0.15) is 34.7 Å². The van der Waals surface area contributed by atoms with Gasteiger partial charge < -0.3 is 24.4 Å². The van der Waals surface area contributed by atoms with Gasteiger partial charge in [0, 0.05) is 31.0 Å². The second kappa shape index (κ2) is 11.3. The summed E-state index contributed by atoms with van der Waals surface area (Å²) in [5, 5.41) is 21.1. The molecule has 8 nitrogen and oxygen atoms in total. The minimum Gasteiger partial charge on any atom is -0.508 e. The van der Waals surface area contributed by atoms with Crippen LogP contribution in [0, 0.1) is 6.92 Å². The number of hydrogen-bond acceptors (Lipinski definition) is 6. The molecule has 1 atom stereocenters. The molecule has 1 aliphatic rings. The van der Waals surface area contributed by atoms with Gasteiger partial charge in [0.2, 0.25) is 0 Å². The smallest absolute Gasteiger partial charge is 0.295 e. The van der Waals surface area contributed by atoms with Gasteiger partial charge in [-0.3, -0.25) is 9.59 Å². The zero-order valence-electron chi connectivity index (χ0n) is 21.5. The van der Waals surface area contributed by atoms with E-state index in [1.807, 2.05) is 42.0 Å². The Morgan fingerprint density at radius 1 is 0.974 bits per heavy atom. The van der Waals surface area contributed by atoms with Crippen LogP contribution in [0.25, 0.3) is 5.76 Å². The van der Waals surface area contributed by atoms with Crippen LogP contribution in [0.4, 0.5) is 0 Å². The van der Waals surface area contributed by atoms with Crippen LogP contribution in [-0.4, -0.2) is 42.9 Å². The molecule has 39 heavy (non-hydrogen) atoms. The topological polar surface area (TPSA) is 105 Å². The fraction of sp³-hybridized carbons (Fsp3) is 0.194. The standard InChI is InChI=1S/C31H29N3O5/c1-21-5-2-3-6-24(21)19-39-26-13-9-23(10-14-26)29(36)27-28(22-7-11-25(35)12-8-22)34(31(38)30(27)37)17-4-16-33-18-15-32-20-33/h2-3,5-15,18,20,28,35-36H,4,16-17,19H2,1H3/b29-27-. The zero-order valence-corrected chi connectivity index (χ0v) is 21.5. The molecule has 5 rings (SSSR count). The first-order chi connectivity index (χ1) is 18.9. The van der Waals surface area contributed by atoms with E-state index in [-0.39, 0.29) is 17.1 Å². The Balaban J connectivity index is 1.41. The van der Waals surface area contributed by atoms with Crippen molar-refractivity contribution < 1.29 is 24.5 Å². The number of ether oxygens (including phenoxy) is 1. The maximum absolute atomic E-state index is 13.2. The molecule has 0 radical (unpaired) electrons. The molecule has 1 saturated heterocycles. The number of aliphatic hydroxyl groups excluding tert-OH is 1. The Labute approximate surface area is 226 Å². The number of Topliss-reactive ketones (excluding diaryl/α,β-unsaturated/α-hetero) is 1. The normalized spacial score (nSPS) is 16.5. The molecule has 0 saturated carbocycles. The third-order valence-electron chi connectivity index (χ3n) is 6.91. The summed E-state index contributed by atoms with van der Waals surface area (Å²) in [4.78, 5) is 31.9. The quantitative estimate of drug-likeness (QED) is 0.182. The largest absolute Gasteiger partial charge is 0.508 e. The summed E-state index contributed by atoms with van der Waals surface area (Å²) in [6.45, 7) is 3.35. The number of phenols is 1. The molecule has 0 bridgehead atoms. The molecule has 0 aliphatic carbocycles.